The van der Waals surface area contributed by atoms with Gasteiger partial charge in [-0.15, -0.1) is 4.99 Å². The van der Waals surface area contributed by atoms with Crippen LogP contribution >= 0.6 is 0 Å². The van der Waals surface area contributed by atoms with Crippen molar-refractivity contribution in [3.05, 3.63) is 29.8 Å². The Labute approximate surface area is 77.3 Å². The third kappa shape index (κ3) is 3.42. The van der Waals surface area contributed by atoms with Crippen molar-refractivity contribution in [2.45, 2.75) is 6.54 Å². The van der Waals surface area contributed by atoms with Crippen LogP contribution in [0.5, 0.6) is 5.75 Å². The van der Waals surface area contributed by atoms with E-state index in [1.54, 1.807) is 7.11 Å². The van der Waals surface area contributed by atoms with Gasteiger partial charge in [-0.3, -0.25) is 0 Å². The number of methoxy groups -OCH3 is 1. The normalized spacial score (nSPS) is 10.0. The Morgan fingerprint density at radius 2 is 1.85 bits per heavy atom. The molecule has 0 spiro atoms. The third-order valence-electron chi connectivity index (χ3n) is 1.58. The Morgan fingerprint density at radius 3 is 2.38 bits per heavy atom. The van der Waals surface area contributed by atoms with Crippen molar-refractivity contribution in [2.24, 2.45) is 0 Å². The van der Waals surface area contributed by atoms with Crippen LogP contribution in [-0.2, 0) is 16.4 Å². The van der Waals surface area contributed by atoms with E-state index in [1.807, 2.05) is 24.3 Å². The van der Waals surface area contributed by atoms with E-state index in [0.29, 0.717) is 6.54 Å². The van der Waals surface area contributed by atoms with Gasteiger partial charge in [0.2, 0.25) is 0 Å². The van der Waals surface area contributed by atoms with E-state index in [1.165, 1.54) is 7.11 Å². The van der Waals surface area contributed by atoms with E-state index in [4.69, 9.17) is 4.74 Å². The largest absolute Gasteiger partial charge is 0.497 e. The van der Waals surface area contributed by atoms with Crippen molar-refractivity contribution in [3.63, 3.8) is 0 Å². The zero-order valence-electron chi connectivity index (χ0n) is 7.74. The number of hydroxylamine groups is 1. The van der Waals surface area contributed by atoms with Crippen LogP contribution in [0.25, 0.3) is 0 Å². The van der Waals surface area contributed by atoms with Gasteiger partial charge in [-0.1, -0.05) is 12.1 Å². The smallest absolute Gasteiger partial charge is 0.118 e. The first kappa shape index (κ1) is 9.98. The monoisotopic (exact) mass is 183 g/mol. The maximum atomic E-state index is 5.02. The second kappa shape index (κ2) is 5.53. The Balaban J connectivity index is 2.40. The minimum Gasteiger partial charge on any atom is -0.497 e. The molecule has 0 aromatic heterocycles. The van der Waals surface area contributed by atoms with Gasteiger partial charge < -0.3 is 4.74 Å². The molecule has 0 fully saturated rings. The summed E-state index contributed by atoms with van der Waals surface area (Å²) in [7, 11) is 3.09. The lowest BCUT2D eigenvalue weighted by Crippen LogP contribution is -2.12. The van der Waals surface area contributed by atoms with Crippen LogP contribution < -0.4 is 10.2 Å². The van der Waals surface area contributed by atoms with Gasteiger partial charge in [0.25, 0.3) is 0 Å². The van der Waals surface area contributed by atoms with Gasteiger partial charge in [0.05, 0.1) is 14.2 Å². The molecule has 0 radical (unpaired) electrons. The molecular formula is C9H13NO3. The van der Waals surface area contributed by atoms with Crippen LogP contribution in [0.3, 0.4) is 0 Å². The van der Waals surface area contributed by atoms with Crippen molar-refractivity contribution < 1.29 is 14.6 Å². The second-order valence-corrected chi connectivity index (χ2v) is 2.42. The molecule has 0 aliphatic carbocycles. The summed E-state index contributed by atoms with van der Waals surface area (Å²) in [6, 6.07) is 7.68. The van der Waals surface area contributed by atoms with Gasteiger partial charge in [-0.25, -0.2) is 4.89 Å². The molecule has 0 saturated heterocycles. The quantitative estimate of drug-likeness (QED) is 0.424. The fourth-order valence-corrected chi connectivity index (χ4v) is 0.915. The van der Waals surface area contributed by atoms with E-state index in [9.17, 15) is 0 Å². The van der Waals surface area contributed by atoms with Gasteiger partial charge in [-0.2, -0.15) is 5.48 Å². The van der Waals surface area contributed by atoms with Crippen LogP contribution in [0.4, 0.5) is 0 Å². The maximum Gasteiger partial charge on any atom is 0.118 e. The second-order valence-electron chi connectivity index (χ2n) is 2.42. The highest BCUT2D eigenvalue weighted by atomic mass is 17.3. The highest BCUT2D eigenvalue weighted by Crippen LogP contribution is 2.10. The molecule has 0 atom stereocenters. The average Bonchev–Trinajstić information content (AvgIpc) is 2.19. The lowest BCUT2D eigenvalue weighted by Gasteiger charge is -2.03. The first-order valence-electron chi connectivity index (χ1n) is 3.92. The van der Waals surface area contributed by atoms with Crippen LogP contribution in [0.15, 0.2) is 24.3 Å². The maximum absolute atomic E-state index is 5.02. The summed E-state index contributed by atoms with van der Waals surface area (Å²) in [5, 5.41) is 0. The summed E-state index contributed by atoms with van der Waals surface area (Å²) in [6.07, 6.45) is 0. The van der Waals surface area contributed by atoms with Crippen LogP contribution in [0, 0.1) is 0 Å². The fraction of sp³-hybridized carbons (Fsp3) is 0.333. The minimum absolute atomic E-state index is 0.595. The summed E-state index contributed by atoms with van der Waals surface area (Å²) in [5.74, 6) is 0.844. The number of hydrogen-bond acceptors (Lipinski definition) is 4. The summed E-state index contributed by atoms with van der Waals surface area (Å²) >= 11 is 0. The summed E-state index contributed by atoms with van der Waals surface area (Å²) in [4.78, 5) is 8.89. The Hall–Kier alpha value is -1.10. The number of nitrogens with one attached hydrogen (secondary N) is 1. The first-order valence-corrected chi connectivity index (χ1v) is 3.92. The standard InChI is InChI=1S/C9H13NO3/c1-11-9-5-3-8(4-6-9)7-10-13-12-2/h3-6,10H,7H2,1-2H3. The zero-order chi connectivity index (χ0) is 9.52. The molecule has 13 heavy (non-hydrogen) atoms. The molecule has 0 heterocycles. The van der Waals surface area contributed by atoms with E-state index in [2.05, 4.69) is 15.4 Å². The predicted octanol–water partition coefficient (Wildman–Crippen LogP) is 1.28. The zero-order valence-corrected chi connectivity index (χ0v) is 7.74. The van der Waals surface area contributed by atoms with Gasteiger partial charge >= 0.3 is 0 Å². The molecule has 0 bridgehead atoms. The van der Waals surface area contributed by atoms with E-state index < -0.39 is 0 Å². The lowest BCUT2D eigenvalue weighted by atomic mass is 10.2. The lowest BCUT2D eigenvalue weighted by molar-refractivity contribution is -0.319. The first-order chi connectivity index (χ1) is 6.36. The van der Waals surface area contributed by atoms with E-state index in [0.717, 1.165) is 11.3 Å². The molecule has 1 aromatic carbocycles. The minimum atomic E-state index is 0.595. The average molecular weight is 183 g/mol. The summed E-state index contributed by atoms with van der Waals surface area (Å²) in [6.45, 7) is 0.595. The number of hydrogen-bond donors (Lipinski definition) is 1. The van der Waals surface area contributed by atoms with Crippen molar-refractivity contribution in [1.82, 2.24) is 5.48 Å². The topological polar surface area (TPSA) is 39.7 Å². The molecule has 0 aliphatic heterocycles. The van der Waals surface area contributed by atoms with Gasteiger partial charge in [0.15, 0.2) is 0 Å². The Kier molecular flexibility index (Phi) is 4.25. The molecule has 4 heteroatoms. The Bertz CT molecular complexity index is 235. The highest BCUT2D eigenvalue weighted by Gasteiger charge is 1.93. The van der Waals surface area contributed by atoms with Crippen molar-refractivity contribution in [2.75, 3.05) is 14.2 Å². The molecule has 1 rings (SSSR count). The molecule has 0 amide bonds. The summed E-state index contributed by atoms with van der Waals surface area (Å²) < 4.78 is 5.02. The number of benzene rings is 1. The molecule has 1 aromatic rings. The molecular weight excluding hydrogens is 170 g/mol. The van der Waals surface area contributed by atoms with E-state index in [-0.39, 0.29) is 0 Å². The van der Waals surface area contributed by atoms with Crippen molar-refractivity contribution >= 4 is 0 Å². The molecule has 72 valence electrons. The van der Waals surface area contributed by atoms with Crippen molar-refractivity contribution in [1.29, 1.82) is 0 Å². The predicted molar refractivity (Wildman–Crippen MR) is 47.9 cm³/mol. The number of rotatable bonds is 5. The van der Waals surface area contributed by atoms with Crippen LogP contribution in [0.1, 0.15) is 5.56 Å². The SMILES string of the molecule is COONCc1ccc(OC)cc1. The van der Waals surface area contributed by atoms with Gasteiger partial charge in [-0.05, 0) is 17.7 Å². The molecule has 4 nitrogen and oxygen atoms in total. The van der Waals surface area contributed by atoms with Gasteiger partial charge in [0.1, 0.15) is 5.75 Å². The van der Waals surface area contributed by atoms with Gasteiger partial charge in [0, 0.05) is 6.54 Å². The molecule has 0 saturated carbocycles. The molecule has 0 unspecified atom stereocenters. The van der Waals surface area contributed by atoms with Crippen LogP contribution in [0.2, 0.25) is 0 Å². The number of ether oxygens (including phenoxy) is 1. The molecule has 1 N–H and O–H groups in total. The molecule has 0 aliphatic rings. The van der Waals surface area contributed by atoms with Crippen LogP contribution in [-0.4, -0.2) is 14.2 Å². The Morgan fingerprint density at radius 1 is 1.15 bits per heavy atom. The van der Waals surface area contributed by atoms with Crippen molar-refractivity contribution in [3.8, 4) is 5.75 Å². The van der Waals surface area contributed by atoms with E-state index >= 15 is 0 Å². The highest BCUT2D eigenvalue weighted by molar-refractivity contribution is 5.26. The summed E-state index contributed by atoms with van der Waals surface area (Å²) in [5.41, 5.74) is 3.72. The fourth-order valence-electron chi connectivity index (χ4n) is 0.915. The third-order valence-corrected chi connectivity index (χ3v) is 1.58.